The molecule has 2 aromatic carbocycles. The molecule has 0 saturated heterocycles. The normalized spacial score (nSPS) is 12.7. The van der Waals surface area contributed by atoms with E-state index in [0.29, 0.717) is 30.8 Å². The first-order valence-corrected chi connectivity index (χ1v) is 12.1. The number of nitrogens with zero attached hydrogens (tertiary/aromatic N) is 2. The predicted molar refractivity (Wildman–Crippen MR) is 120 cm³/mol. The Balaban J connectivity index is 2.22. The highest BCUT2D eigenvalue weighted by Crippen LogP contribution is 2.26. The molecule has 5 nitrogen and oxygen atoms in total. The van der Waals surface area contributed by atoms with Gasteiger partial charge in [0.1, 0.15) is 0 Å². The Hall–Kier alpha value is -2.18. The summed E-state index contributed by atoms with van der Waals surface area (Å²) in [5.74, 6) is -0.143. The molecule has 0 heterocycles. The minimum absolute atomic E-state index is 0.0549. The Morgan fingerprint density at radius 2 is 1.48 bits per heavy atom. The van der Waals surface area contributed by atoms with Crippen molar-refractivity contribution in [2.24, 2.45) is 0 Å². The number of hydrogen-bond donors (Lipinski definition) is 0. The first-order valence-electron chi connectivity index (χ1n) is 10.2. The first-order chi connectivity index (χ1) is 13.8. The second-order valence-corrected chi connectivity index (χ2v) is 9.05. The highest BCUT2D eigenvalue weighted by atomic mass is 32.2. The van der Waals surface area contributed by atoms with Crippen LogP contribution in [-0.2, 0) is 10.0 Å². The topological polar surface area (TPSA) is 57.7 Å². The zero-order valence-electron chi connectivity index (χ0n) is 17.8. The van der Waals surface area contributed by atoms with E-state index in [9.17, 15) is 13.2 Å². The van der Waals surface area contributed by atoms with E-state index in [4.69, 9.17) is 0 Å². The molecule has 0 N–H and O–H groups in total. The number of Topliss-reactive ketones (excluding diaryl/α,β-unsaturated/α-hetero) is 1. The van der Waals surface area contributed by atoms with Crippen LogP contribution in [0.4, 0.5) is 5.69 Å². The van der Waals surface area contributed by atoms with Gasteiger partial charge in [0.15, 0.2) is 5.78 Å². The van der Waals surface area contributed by atoms with Crippen LogP contribution in [-0.4, -0.2) is 51.5 Å². The summed E-state index contributed by atoms with van der Waals surface area (Å²) in [4.78, 5) is 15.2. The molecule has 2 aromatic rings. The summed E-state index contributed by atoms with van der Waals surface area (Å²) < 4.78 is 26.1. The predicted octanol–water partition coefficient (Wildman–Crippen LogP) is 4.17. The number of rotatable bonds is 11. The van der Waals surface area contributed by atoms with Crippen LogP contribution in [0.1, 0.15) is 49.0 Å². The molecule has 0 saturated carbocycles. The fourth-order valence-corrected chi connectivity index (χ4v) is 4.43. The minimum Gasteiger partial charge on any atom is -0.302 e. The van der Waals surface area contributed by atoms with Crippen LogP contribution in [0, 0.1) is 0 Å². The molecule has 2 rings (SSSR count). The molecular weight excluding hydrogens is 384 g/mol. The van der Waals surface area contributed by atoms with Gasteiger partial charge in [-0.05, 0) is 49.3 Å². The largest absolute Gasteiger partial charge is 0.302 e. The van der Waals surface area contributed by atoms with Crippen molar-refractivity contribution in [1.29, 1.82) is 0 Å². The van der Waals surface area contributed by atoms with Crippen LogP contribution in [0.15, 0.2) is 54.6 Å². The van der Waals surface area contributed by atoms with E-state index in [2.05, 4.69) is 18.7 Å². The van der Waals surface area contributed by atoms with E-state index in [1.54, 1.807) is 24.3 Å². The first kappa shape index (κ1) is 23.1. The highest BCUT2D eigenvalue weighted by molar-refractivity contribution is 7.92. The van der Waals surface area contributed by atoms with Crippen molar-refractivity contribution < 1.29 is 13.2 Å². The second-order valence-electron chi connectivity index (χ2n) is 7.14. The molecule has 0 aliphatic rings. The molecule has 6 heteroatoms. The third kappa shape index (κ3) is 6.15. The molecule has 1 atom stereocenters. The standard InChI is InChI=1S/C23H32N2O3S/c1-5-22(19-11-9-8-10-12-19)23(26)20-13-15-21(16-14-20)25(29(4,27)28)18-17-24(6-2)7-3/h8-16,22H,5-7,17-18H2,1-4H3. The number of benzene rings is 2. The van der Waals surface area contributed by atoms with Gasteiger partial charge in [-0.1, -0.05) is 51.1 Å². The third-order valence-corrected chi connectivity index (χ3v) is 6.47. The van der Waals surface area contributed by atoms with E-state index >= 15 is 0 Å². The summed E-state index contributed by atoms with van der Waals surface area (Å²) in [6, 6.07) is 16.7. The third-order valence-electron chi connectivity index (χ3n) is 5.28. The Kier molecular flexibility index (Phi) is 8.41. The van der Waals surface area contributed by atoms with Crippen LogP contribution in [0.2, 0.25) is 0 Å². The number of carbonyl (C=O) groups excluding carboxylic acids is 1. The van der Waals surface area contributed by atoms with Crippen molar-refractivity contribution in [3.05, 3.63) is 65.7 Å². The van der Waals surface area contributed by atoms with E-state index in [1.807, 2.05) is 37.3 Å². The summed E-state index contributed by atoms with van der Waals surface area (Å²) in [6.45, 7) is 8.92. The van der Waals surface area contributed by atoms with Gasteiger partial charge in [-0.25, -0.2) is 8.42 Å². The summed E-state index contributed by atoms with van der Waals surface area (Å²) in [5.41, 5.74) is 2.19. The number of sulfonamides is 1. The van der Waals surface area contributed by atoms with Crippen molar-refractivity contribution >= 4 is 21.5 Å². The molecule has 0 radical (unpaired) electrons. The van der Waals surface area contributed by atoms with Gasteiger partial charge in [-0.3, -0.25) is 9.10 Å². The maximum absolute atomic E-state index is 13.0. The molecule has 0 spiro atoms. The lowest BCUT2D eigenvalue weighted by atomic mass is 9.88. The van der Waals surface area contributed by atoms with Gasteiger partial charge in [0, 0.05) is 24.6 Å². The summed E-state index contributed by atoms with van der Waals surface area (Å²) >= 11 is 0. The monoisotopic (exact) mass is 416 g/mol. The molecular formula is C23H32N2O3S. The van der Waals surface area contributed by atoms with Gasteiger partial charge in [0.2, 0.25) is 10.0 Å². The van der Waals surface area contributed by atoms with E-state index in [-0.39, 0.29) is 11.7 Å². The molecule has 0 aliphatic heterocycles. The Bertz CT molecular complexity index is 876. The van der Waals surface area contributed by atoms with Crippen molar-refractivity contribution in [3.63, 3.8) is 0 Å². The zero-order chi connectivity index (χ0) is 21.4. The average Bonchev–Trinajstić information content (AvgIpc) is 2.72. The van der Waals surface area contributed by atoms with Gasteiger partial charge >= 0.3 is 0 Å². The quantitative estimate of drug-likeness (QED) is 0.516. The van der Waals surface area contributed by atoms with E-state index in [0.717, 1.165) is 18.7 Å². The highest BCUT2D eigenvalue weighted by Gasteiger charge is 2.22. The van der Waals surface area contributed by atoms with Crippen molar-refractivity contribution in [3.8, 4) is 0 Å². The number of carbonyl (C=O) groups is 1. The SMILES string of the molecule is CCC(C(=O)c1ccc(N(CCN(CC)CC)S(C)(=O)=O)cc1)c1ccccc1. The number of likely N-dealkylation sites (N-methyl/N-ethyl adjacent to an activating group) is 1. The van der Waals surface area contributed by atoms with Crippen LogP contribution in [0.3, 0.4) is 0 Å². The van der Waals surface area contributed by atoms with Crippen molar-refractivity contribution in [2.75, 3.05) is 36.7 Å². The summed E-state index contributed by atoms with van der Waals surface area (Å²) in [6.07, 6.45) is 1.93. The lowest BCUT2D eigenvalue weighted by Crippen LogP contribution is -2.38. The van der Waals surface area contributed by atoms with Crippen molar-refractivity contribution in [2.45, 2.75) is 33.1 Å². The van der Waals surface area contributed by atoms with E-state index < -0.39 is 10.0 Å². The van der Waals surface area contributed by atoms with Gasteiger partial charge in [0.05, 0.1) is 11.9 Å². The molecule has 1 unspecified atom stereocenters. The Morgan fingerprint density at radius 1 is 0.897 bits per heavy atom. The molecule has 0 bridgehead atoms. The molecule has 0 aromatic heterocycles. The van der Waals surface area contributed by atoms with Crippen LogP contribution in [0.5, 0.6) is 0 Å². The fraction of sp³-hybridized carbons (Fsp3) is 0.435. The maximum Gasteiger partial charge on any atom is 0.232 e. The van der Waals surface area contributed by atoms with Gasteiger partial charge in [-0.15, -0.1) is 0 Å². The lowest BCUT2D eigenvalue weighted by molar-refractivity contribution is 0.0957. The van der Waals surface area contributed by atoms with Crippen LogP contribution in [0.25, 0.3) is 0 Å². The smallest absolute Gasteiger partial charge is 0.232 e. The maximum atomic E-state index is 13.0. The fourth-order valence-electron chi connectivity index (χ4n) is 3.51. The average molecular weight is 417 g/mol. The van der Waals surface area contributed by atoms with Gasteiger partial charge < -0.3 is 4.90 Å². The van der Waals surface area contributed by atoms with Crippen LogP contribution >= 0.6 is 0 Å². The zero-order valence-corrected chi connectivity index (χ0v) is 18.7. The summed E-state index contributed by atoms with van der Waals surface area (Å²) in [5, 5.41) is 0. The Labute approximate surface area is 175 Å². The summed E-state index contributed by atoms with van der Waals surface area (Å²) in [7, 11) is -3.41. The second kappa shape index (κ2) is 10.6. The molecule has 0 fully saturated rings. The van der Waals surface area contributed by atoms with Crippen molar-refractivity contribution in [1.82, 2.24) is 4.90 Å². The lowest BCUT2D eigenvalue weighted by Gasteiger charge is -2.26. The van der Waals surface area contributed by atoms with E-state index in [1.165, 1.54) is 10.6 Å². The molecule has 0 aliphatic carbocycles. The van der Waals surface area contributed by atoms with Gasteiger partial charge in [-0.2, -0.15) is 0 Å². The number of hydrogen-bond acceptors (Lipinski definition) is 4. The van der Waals surface area contributed by atoms with Crippen LogP contribution < -0.4 is 4.31 Å². The Morgan fingerprint density at radius 3 is 1.97 bits per heavy atom. The molecule has 0 amide bonds. The number of anilines is 1. The van der Waals surface area contributed by atoms with Gasteiger partial charge in [0.25, 0.3) is 0 Å². The minimum atomic E-state index is -3.41. The molecule has 158 valence electrons. The number of ketones is 1. The molecule has 29 heavy (non-hydrogen) atoms.